The van der Waals surface area contributed by atoms with Gasteiger partial charge in [-0.1, -0.05) is 23.7 Å². The quantitative estimate of drug-likeness (QED) is 0.282. The van der Waals surface area contributed by atoms with Crippen LogP contribution in [-0.2, 0) is 11.3 Å². The maximum atomic E-state index is 13.4. The lowest BCUT2D eigenvalue weighted by Crippen LogP contribution is -2.26. The first-order valence-electron chi connectivity index (χ1n) is 10.0. The molecule has 0 aliphatic heterocycles. The van der Waals surface area contributed by atoms with Crippen molar-refractivity contribution in [2.24, 2.45) is 0 Å². The van der Waals surface area contributed by atoms with Crippen LogP contribution >= 0.6 is 11.6 Å². The molecule has 3 rings (SSSR count). The summed E-state index contributed by atoms with van der Waals surface area (Å²) in [6.07, 6.45) is -0.187. The largest absolute Gasteiger partial charge is 0.481 e. The van der Waals surface area contributed by atoms with Crippen molar-refractivity contribution in [1.82, 2.24) is 20.8 Å². The molecule has 0 unspecified atom stereocenters. The van der Waals surface area contributed by atoms with Crippen molar-refractivity contribution in [3.8, 4) is 0 Å². The molecule has 0 radical (unpaired) electrons. The van der Waals surface area contributed by atoms with E-state index in [4.69, 9.17) is 16.7 Å². The molecule has 1 aromatic heterocycles. The number of nitrogens with one attached hydrogen (secondary N) is 4. The Kier molecular flexibility index (Phi) is 8.10. The van der Waals surface area contributed by atoms with Crippen molar-refractivity contribution in [1.29, 1.82) is 0 Å². The number of anilines is 1. The van der Waals surface area contributed by atoms with Gasteiger partial charge in [0.05, 0.1) is 17.0 Å². The number of aliphatic carboxylic acids is 1. The Balaban J connectivity index is 1.53. The lowest BCUT2D eigenvalue weighted by Gasteiger charge is -2.06. The third-order valence-electron chi connectivity index (χ3n) is 4.61. The van der Waals surface area contributed by atoms with Crippen molar-refractivity contribution in [3.05, 3.63) is 81.5 Å². The Hall–Kier alpha value is -4.32. The molecular weight excluding hydrogens is 488 g/mol. The second-order valence-corrected chi connectivity index (χ2v) is 7.55. The van der Waals surface area contributed by atoms with Crippen LogP contribution in [-0.4, -0.2) is 45.5 Å². The molecule has 3 amide bonds. The predicted octanol–water partition coefficient (Wildman–Crippen LogP) is 2.73. The van der Waals surface area contributed by atoms with Gasteiger partial charge in [-0.15, -0.1) is 0 Å². The van der Waals surface area contributed by atoms with Gasteiger partial charge >= 0.3 is 5.97 Å². The maximum absolute atomic E-state index is 13.4. The number of carbonyl (C=O) groups excluding carboxylic acids is 3. The van der Waals surface area contributed by atoms with Crippen LogP contribution in [0.4, 0.5) is 14.6 Å². The standard InChI is InChI=1S/C22H18ClF2N5O5/c23-14-8-16(25)15(24)7-13(14)21(34)28-18-9-17(29-30-18)22(35)27-10-11-1-3-12(4-2-11)20(33)26-6-5-19(31)32/h1-4,7-9H,5-6,10H2,(H,26,33)(H,27,35)(H,31,32)(H2,28,29,30,34). The van der Waals surface area contributed by atoms with E-state index in [1.807, 2.05) is 0 Å². The lowest BCUT2D eigenvalue weighted by molar-refractivity contribution is -0.136. The Morgan fingerprint density at radius 1 is 0.943 bits per heavy atom. The zero-order valence-electron chi connectivity index (χ0n) is 17.8. The van der Waals surface area contributed by atoms with Gasteiger partial charge in [0.15, 0.2) is 17.5 Å². The van der Waals surface area contributed by atoms with Crippen molar-refractivity contribution in [2.75, 3.05) is 11.9 Å². The number of halogens is 3. The SMILES string of the molecule is O=C(O)CCNC(=O)c1ccc(CNC(=O)c2cc(NC(=O)c3cc(F)c(F)cc3Cl)n[nH]2)cc1. The first-order chi connectivity index (χ1) is 16.6. The normalized spacial score (nSPS) is 10.5. The average molecular weight is 506 g/mol. The van der Waals surface area contributed by atoms with Crippen LogP contribution in [0.2, 0.25) is 5.02 Å². The van der Waals surface area contributed by atoms with Gasteiger partial charge in [0.25, 0.3) is 17.7 Å². The molecule has 10 nitrogen and oxygen atoms in total. The van der Waals surface area contributed by atoms with Crippen LogP contribution in [0.5, 0.6) is 0 Å². The van der Waals surface area contributed by atoms with Crippen molar-refractivity contribution < 1.29 is 33.1 Å². The highest BCUT2D eigenvalue weighted by molar-refractivity contribution is 6.34. The van der Waals surface area contributed by atoms with E-state index in [2.05, 4.69) is 26.1 Å². The first-order valence-corrected chi connectivity index (χ1v) is 10.4. The van der Waals surface area contributed by atoms with E-state index >= 15 is 0 Å². The number of benzene rings is 2. The number of aromatic nitrogens is 2. The van der Waals surface area contributed by atoms with Crippen LogP contribution in [0, 0.1) is 11.6 Å². The van der Waals surface area contributed by atoms with Crippen molar-refractivity contribution >= 4 is 41.1 Å². The maximum Gasteiger partial charge on any atom is 0.305 e. The molecule has 0 aliphatic rings. The fourth-order valence-corrected chi connectivity index (χ4v) is 3.06. The third-order valence-corrected chi connectivity index (χ3v) is 4.93. The summed E-state index contributed by atoms with van der Waals surface area (Å²) in [5.41, 5.74) is 0.728. The number of aromatic amines is 1. The summed E-state index contributed by atoms with van der Waals surface area (Å²) < 4.78 is 26.6. The number of carbonyl (C=O) groups is 4. The molecule has 0 fully saturated rings. The second-order valence-electron chi connectivity index (χ2n) is 7.15. The highest BCUT2D eigenvalue weighted by Crippen LogP contribution is 2.21. The summed E-state index contributed by atoms with van der Waals surface area (Å²) in [5, 5.41) is 22.0. The van der Waals surface area contributed by atoms with Crippen LogP contribution in [0.1, 0.15) is 43.2 Å². The topological polar surface area (TPSA) is 153 Å². The highest BCUT2D eigenvalue weighted by atomic mass is 35.5. The number of H-pyrrole nitrogens is 1. The van der Waals surface area contributed by atoms with Gasteiger partial charge in [-0.05, 0) is 29.8 Å². The average Bonchev–Trinajstić information content (AvgIpc) is 3.28. The summed E-state index contributed by atoms with van der Waals surface area (Å²) in [6.45, 7) is 0.122. The summed E-state index contributed by atoms with van der Waals surface area (Å²) >= 11 is 5.78. The van der Waals surface area contributed by atoms with Gasteiger partial charge in [0.2, 0.25) is 0 Å². The molecule has 0 atom stereocenters. The fraction of sp³-hybridized carbons (Fsp3) is 0.136. The van der Waals surface area contributed by atoms with Crippen LogP contribution < -0.4 is 16.0 Å². The van der Waals surface area contributed by atoms with Crippen LogP contribution in [0.15, 0.2) is 42.5 Å². The molecule has 35 heavy (non-hydrogen) atoms. The van der Waals surface area contributed by atoms with E-state index in [0.717, 1.165) is 0 Å². The first kappa shape index (κ1) is 25.3. The molecule has 0 bridgehead atoms. The smallest absolute Gasteiger partial charge is 0.305 e. The predicted molar refractivity (Wildman–Crippen MR) is 120 cm³/mol. The van der Waals surface area contributed by atoms with E-state index in [-0.39, 0.29) is 41.6 Å². The molecule has 3 aromatic rings. The molecule has 2 aromatic carbocycles. The number of amides is 3. The number of carboxylic acid groups (broad SMARTS) is 1. The Morgan fingerprint density at radius 2 is 1.63 bits per heavy atom. The molecular formula is C22H18ClF2N5O5. The minimum absolute atomic E-state index is 0.00638. The second kappa shape index (κ2) is 11.2. The van der Waals surface area contributed by atoms with Gasteiger partial charge in [0, 0.05) is 24.7 Å². The summed E-state index contributed by atoms with van der Waals surface area (Å²) in [7, 11) is 0. The molecule has 1 heterocycles. The number of hydrogen-bond acceptors (Lipinski definition) is 5. The molecule has 0 aliphatic carbocycles. The molecule has 5 N–H and O–H groups in total. The minimum atomic E-state index is -1.24. The Morgan fingerprint density at radius 3 is 2.31 bits per heavy atom. The lowest BCUT2D eigenvalue weighted by atomic mass is 10.1. The molecule has 0 saturated carbocycles. The van der Waals surface area contributed by atoms with E-state index in [9.17, 15) is 28.0 Å². The number of carboxylic acids is 1. The van der Waals surface area contributed by atoms with E-state index < -0.39 is 35.3 Å². The zero-order chi connectivity index (χ0) is 25.5. The Labute approximate surface area is 201 Å². The fourth-order valence-electron chi connectivity index (χ4n) is 2.82. The molecule has 13 heteroatoms. The van der Waals surface area contributed by atoms with E-state index in [0.29, 0.717) is 23.3 Å². The molecule has 0 saturated heterocycles. The summed E-state index contributed by atoms with van der Waals surface area (Å²) in [6, 6.07) is 8.88. The van der Waals surface area contributed by atoms with Gasteiger partial charge < -0.3 is 21.1 Å². The van der Waals surface area contributed by atoms with Crippen molar-refractivity contribution in [2.45, 2.75) is 13.0 Å². The van der Waals surface area contributed by atoms with Crippen LogP contribution in [0.3, 0.4) is 0 Å². The zero-order valence-corrected chi connectivity index (χ0v) is 18.6. The van der Waals surface area contributed by atoms with Gasteiger partial charge in [0.1, 0.15) is 5.69 Å². The van der Waals surface area contributed by atoms with Gasteiger partial charge in [-0.3, -0.25) is 24.3 Å². The number of rotatable bonds is 9. The molecule has 0 spiro atoms. The monoisotopic (exact) mass is 505 g/mol. The van der Waals surface area contributed by atoms with Crippen molar-refractivity contribution in [3.63, 3.8) is 0 Å². The Bertz CT molecular complexity index is 1280. The third kappa shape index (κ3) is 6.84. The van der Waals surface area contributed by atoms with E-state index in [1.54, 1.807) is 12.1 Å². The number of nitrogens with zero attached hydrogens (tertiary/aromatic N) is 1. The molecule has 182 valence electrons. The van der Waals surface area contributed by atoms with E-state index in [1.165, 1.54) is 18.2 Å². The number of hydrogen-bond donors (Lipinski definition) is 5. The summed E-state index contributed by atoms with van der Waals surface area (Å²) in [5.74, 6) is -5.31. The van der Waals surface area contributed by atoms with Gasteiger partial charge in [-0.25, -0.2) is 8.78 Å². The highest BCUT2D eigenvalue weighted by Gasteiger charge is 2.17. The van der Waals surface area contributed by atoms with Gasteiger partial charge in [-0.2, -0.15) is 5.10 Å². The van der Waals surface area contributed by atoms with Crippen LogP contribution in [0.25, 0.3) is 0 Å². The summed E-state index contributed by atoms with van der Waals surface area (Å²) in [4.78, 5) is 47.1. The minimum Gasteiger partial charge on any atom is -0.481 e.